The number of nitrogens with two attached hydrogens (primary N) is 1. The fourth-order valence-electron chi connectivity index (χ4n) is 3.59. The molecule has 1 aliphatic rings. The standard InChI is InChI=1S/C21H24N4O2S.C5H7NO3/c22-21-25-18(14-28-21)12-20(27)24-17-8-6-15(7-9-17)10-11-23-13-19(26)16-4-2-1-3-5-16;7-4-2-1-3(6-4)5(8)9/h1-9,14,19,23,26H,10-13H2,(H2,22,25)(H,24,27);3H,1-2H2,(H,6,7)(H,8,9)/t19-;3-/m00/s1. The number of aliphatic hydroxyl groups is 1. The van der Waals surface area contributed by atoms with Crippen molar-refractivity contribution in [3.63, 3.8) is 0 Å². The second-order valence-corrected chi connectivity index (χ2v) is 9.37. The van der Waals surface area contributed by atoms with Crippen LogP contribution >= 0.6 is 11.3 Å². The first kappa shape index (κ1) is 27.8. The molecule has 10 nitrogen and oxygen atoms in total. The summed E-state index contributed by atoms with van der Waals surface area (Å²) in [6, 6.07) is 16.7. The number of carboxylic acids is 1. The average Bonchev–Trinajstić information content (AvgIpc) is 3.51. The zero-order valence-corrected chi connectivity index (χ0v) is 21.0. The normalized spacial score (nSPS) is 15.3. The lowest BCUT2D eigenvalue weighted by atomic mass is 10.1. The summed E-state index contributed by atoms with van der Waals surface area (Å²) in [7, 11) is 0. The molecule has 0 saturated carbocycles. The Balaban J connectivity index is 0.000000356. The van der Waals surface area contributed by atoms with E-state index in [0.717, 1.165) is 29.8 Å². The van der Waals surface area contributed by atoms with Crippen molar-refractivity contribution < 1.29 is 24.6 Å². The molecular formula is C26H31N5O5S. The van der Waals surface area contributed by atoms with E-state index in [4.69, 9.17) is 10.8 Å². The molecule has 2 amide bonds. The highest BCUT2D eigenvalue weighted by Gasteiger charge is 2.26. The van der Waals surface area contributed by atoms with Crippen LogP contribution in [0.25, 0.3) is 0 Å². The minimum Gasteiger partial charge on any atom is -0.480 e. The molecule has 2 atom stereocenters. The van der Waals surface area contributed by atoms with Crippen LogP contribution < -0.4 is 21.7 Å². The van der Waals surface area contributed by atoms with Gasteiger partial charge in [-0.1, -0.05) is 42.5 Å². The number of aliphatic hydroxyl groups excluding tert-OH is 1. The van der Waals surface area contributed by atoms with Crippen molar-refractivity contribution in [2.75, 3.05) is 24.1 Å². The molecule has 1 fully saturated rings. The van der Waals surface area contributed by atoms with E-state index in [-0.39, 0.29) is 18.2 Å². The van der Waals surface area contributed by atoms with Gasteiger partial charge in [-0.15, -0.1) is 11.3 Å². The highest BCUT2D eigenvalue weighted by Crippen LogP contribution is 2.14. The summed E-state index contributed by atoms with van der Waals surface area (Å²) >= 11 is 1.33. The van der Waals surface area contributed by atoms with Crippen LogP contribution in [-0.2, 0) is 27.2 Å². The number of thiazole rings is 1. The summed E-state index contributed by atoms with van der Waals surface area (Å²) < 4.78 is 0. The van der Waals surface area contributed by atoms with Gasteiger partial charge in [-0.05, 0) is 42.6 Å². The van der Waals surface area contributed by atoms with Crippen LogP contribution in [0.1, 0.15) is 35.8 Å². The lowest BCUT2D eigenvalue weighted by Crippen LogP contribution is -2.32. The topological polar surface area (TPSA) is 167 Å². The number of carboxylic acid groups (broad SMARTS) is 1. The average molecular weight is 526 g/mol. The Morgan fingerprint density at radius 3 is 2.46 bits per heavy atom. The summed E-state index contributed by atoms with van der Waals surface area (Å²) in [5.74, 6) is -1.22. The number of carbonyl (C=O) groups excluding carboxylic acids is 2. The SMILES string of the molecule is Nc1nc(CC(=O)Nc2ccc(CCNC[C@H](O)c3ccccc3)cc2)cs1.O=C1CC[C@@H](C(=O)O)N1. The first-order valence-corrected chi connectivity index (χ1v) is 12.7. The maximum absolute atomic E-state index is 12.0. The summed E-state index contributed by atoms with van der Waals surface area (Å²) in [6.45, 7) is 1.28. The lowest BCUT2D eigenvalue weighted by molar-refractivity contribution is -0.140. The third kappa shape index (κ3) is 9.64. The number of nitrogens with one attached hydrogen (secondary N) is 3. The molecule has 3 aromatic rings. The van der Waals surface area contributed by atoms with E-state index in [0.29, 0.717) is 30.2 Å². The minimum absolute atomic E-state index is 0.116. The van der Waals surface area contributed by atoms with Crippen LogP contribution in [0.5, 0.6) is 0 Å². The van der Waals surface area contributed by atoms with E-state index in [1.807, 2.05) is 54.6 Å². The molecule has 0 radical (unpaired) electrons. The number of hydrogen-bond acceptors (Lipinski definition) is 8. The van der Waals surface area contributed by atoms with Crippen molar-refractivity contribution in [3.8, 4) is 0 Å². The Hall–Kier alpha value is -3.80. The number of aliphatic carboxylic acids is 1. The Kier molecular flexibility index (Phi) is 10.6. The van der Waals surface area contributed by atoms with Gasteiger partial charge in [0, 0.05) is 24.0 Å². The van der Waals surface area contributed by atoms with E-state index in [1.54, 1.807) is 5.38 Å². The second kappa shape index (κ2) is 14.1. The molecule has 1 aromatic heterocycles. The van der Waals surface area contributed by atoms with Gasteiger partial charge in [0.15, 0.2) is 5.13 Å². The zero-order valence-electron chi connectivity index (χ0n) is 20.2. The molecule has 7 N–H and O–H groups in total. The molecule has 1 aliphatic heterocycles. The van der Waals surface area contributed by atoms with Gasteiger partial charge in [-0.3, -0.25) is 9.59 Å². The minimum atomic E-state index is -0.944. The summed E-state index contributed by atoms with van der Waals surface area (Å²) in [5.41, 5.74) is 9.08. The van der Waals surface area contributed by atoms with Crippen LogP contribution in [0.4, 0.5) is 10.8 Å². The zero-order chi connectivity index (χ0) is 26.6. The number of anilines is 2. The number of rotatable bonds is 10. The number of carbonyl (C=O) groups is 3. The fraction of sp³-hybridized carbons (Fsp3) is 0.308. The molecule has 0 aliphatic carbocycles. The molecule has 2 heterocycles. The van der Waals surface area contributed by atoms with E-state index in [1.165, 1.54) is 11.3 Å². The maximum atomic E-state index is 12.0. The van der Waals surface area contributed by atoms with Crippen LogP contribution in [0, 0.1) is 0 Å². The molecular weight excluding hydrogens is 494 g/mol. The van der Waals surface area contributed by atoms with E-state index < -0.39 is 18.1 Å². The van der Waals surface area contributed by atoms with Gasteiger partial charge in [-0.25, -0.2) is 9.78 Å². The molecule has 1 saturated heterocycles. The number of nitrogen functional groups attached to an aromatic ring is 1. The number of hydrogen-bond donors (Lipinski definition) is 6. The smallest absolute Gasteiger partial charge is 0.326 e. The van der Waals surface area contributed by atoms with Gasteiger partial charge in [0.2, 0.25) is 11.8 Å². The summed E-state index contributed by atoms with van der Waals surface area (Å²) in [5, 5.41) is 29.2. The molecule has 0 spiro atoms. The monoisotopic (exact) mass is 525 g/mol. The Labute approximate surface area is 218 Å². The van der Waals surface area contributed by atoms with Gasteiger partial charge in [-0.2, -0.15) is 0 Å². The highest BCUT2D eigenvalue weighted by molar-refractivity contribution is 7.13. The van der Waals surface area contributed by atoms with Crippen molar-refractivity contribution in [3.05, 3.63) is 76.8 Å². The van der Waals surface area contributed by atoms with E-state index >= 15 is 0 Å². The molecule has 4 rings (SSSR count). The number of nitrogens with zero attached hydrogens (tertiary/aromatic N) is 1. The van der Waals surface area contributed by atoms with E-state index in [9.17, 15) is 19.5 Å². The summed E-state index contributed by atoms with van der Waals surface area (Å²) in [6.07, 6.45) is 1.31. The van der Waals surface area contributed by atoms with Crippen molar-refractivity contribution in [1.82, 2.24) is 15.6 Å². The first-order chi connectivity index (χ1) is 17.8. The van der Waals surface area contributed by atoms with Gasteiger partial charge in [0.05, 0.1) is 18.2 Å². The fourth-order valence-corrected chi connectivity index (χ4v) is 4.15. The Morgan fingerprint density at radius 2 is 1.89 bits per heavy atom. The molecule has 0 unspecified atom stereocenters. The summed E-state index contributed by atoms with van der Waals surface area (Å²) in [4.78, 5) is 36.7. The quantitative estimate of drug-likeness (QED) is 0.219. The van der Waals surface area contributed by atoms with Crippen LogP contribution in [0.3, 0.4) is 0 Å². The molecule has 0 bridgehead atoms. The molecule has 2 aromatic carbocycles. The van der Waals surface area contributed by atoms with Crippen molar-refractivity contribution >= 4 is 39.9 Å². The third-order valence-electron chi connectivity index (χ3n) is 5.55. The number of benzene rings is 2. The van der Waals surface area contributed by atoms with E-state index in [2.05, 4.69) is 20.9 Å². The number of aromatic nitrogens is 1. The maximum Gasteiger partial charge on any atom is 0.326 e. The van der Waals surface area contributed by atoms with Gasteiger partial charge in [0.25, 0.3) is 0 Å². The van der Waals surface area contributed by atoms with Crippen molar-refractivity contribution in [2.24, 2.45) is 0 Å². The lowest BCUT2D eigenvalue weighted by Gasteiger charge is -2.12. The van der Waals surface area contributed by atoms with Crippen molar-refractivity contribution in [2.45, 2.75) is 37.8 Å². The van der Waals surface area contributed by atoms with Gasteiger partial charge < -0.3 is 31.9 Å². The Morgan fingerprint density at radius 1 is 1.16 bits per heavy atom. The molecule has 11 heteroatoms. The second-order valence-electron chi connectivity index (χ2n) is 8.48. The molecule has 37 heavy (non-hydrogen) atoms. The van der Waals surface area contributed by atoms with Crippen LogP contribution in [0.2, 0.25) is 0 Å². The predicted molar refractivity (Wildman–Crippen MR) is 142 cm³/mol. The number of amides is 2. The largest absolute Gasteiger partial charge is 0.480 e. The van der Waals surface area contributed by atoms with Crippen LogP contribution in [-0.4, -0.2) is 52.1 Å². The third-order valence-corrected chi connectivity index (χ3v) is 6.28. The first-order valence-electron chi connectivity index (χ1n) is 11.8. The Bertz CT molecular complexity index is 1170. The molecule has 196 valence electrons. The predicted octanol–water partition coefficient (Wildman–Crippen LogP) is 2.12. The van der Waals surface area contributed by atoms with Crippen LogP contribution in [0.15, 0.2) is 60.0 Å². The van der Waals surface area contributed by atoms with Crippen molar-refractivity contribution in [1.29, 1.82) is 0 Å². The van der Waals surface area contributed by atoms with Gasteiger partial charge >= 0.3 is 5.97 Å². The highest BCUT2D eigenvalue weighted by atomic mass is 32.1. The van der Waals surface area contributed by atoms with Gasteiger partial charge in [0.1, 0.15) is 6.04 Å².